The minimum atomic E-state index is -0.895. The predicted octanol–water partition coefficient (Wildman–Crippen LogP) is 3.17. The molecule has 2 fully saturated rings. The molecule has 1 saturated heterocycles. The fraction of sp³-hybridized carbons (Fsp3) is 0.333. The molecule has 172 valence electrons. The number of pyridine rings is 2. The maximum atomic E-state index is 13.1. The van der Waals surface area contributed by atoms with Crippen molar-refractivity contribution >= 4 is 34.7 Å². The summed E-state index contributed by atoms with van der Waals surface area (Å²) in [5.41, 5.74) is 2.14. The van der Waals surface area contributed by atoms with Gasteiger partial charge in [0.1, 0.15) is 11.2 Å². The average molecular weight is 457 g/mol. The Hall–Kier alpha value is -4.26. The summed E-state index contributed by atoms with van der Waals surface area (Å²) in [6.07, 6.45) is 10.5. The molecule has 1 atom stereocenters. The van der Waals surface area contributed by atoms with Gasteiger partial charge in [-0.1, -0.05) is 0 Å². The average Bonchev–Trinajstić information content (AvgIpc) is 3.52. The van der Waals surface area contributed by atoms with Gasteiger partial charge in [0.25, 0.3) is 5.91 Å². The van der Waals surface area contributed by atoms with E-state index >= 15 is 0 Å². The van der Waals surface area contributed by atoms with Gasteiger partial charge in [-0.25, -0.2) is 4.98 Å². The Morgan fingerprint density at radius 1 is 1.29 bits per heavy atom. The van der Waals surface area contributed by atoms with Crippen molar-refractivity contribution in [2.24, 2.45) is 18.4 Å². The molecule has 3 aromatic heterocycles. The molecule has 34 heavy (non-hydrogen) atoms. The zero-order valence-electron chi connectivity index (χ0n) is 18.9. The van der Waals surface area contributed by atoms with Crippen LogP contribution in [0.2, 0.25) is 0 Å². The van der Waals surface area contributed by atoms with Crippen molar-refractivity contribution in [3.8, 4) is 6.07 Å². The van der Waals surface area contributed by atoms with E-state index in [1.807, 2.05) is 6.92 Å². The molecule has 1 aliphatic heterocycles. The number of anilines is 4. The molecule has 0 spiro atoms. The topological polar surface area (TPSA) is 129 Å². The normalized spacial score (nSPS) is 19.7. The van der Waals surface area contributed by atoms with Crippen LogP contribution in [0.1, 0.15) is 35.2 Å². The number of hydrogen-bond acceptors (Lipinski definition) is 7. The summed E-state index contributed by atoms with van der Waals surface area (Å²) in [4.78, 5) is 36.1. The third-order valence-electron chi connectivity index (χ3n) is 6.57. The van der Waals surface area contributed by atoms with Crippen LogP contribution in [-0.2, 0) is 11.8 Å². The van der Waals surface area contributed by atoms with Gasteiger partial charge in [-0.2, -0.15) is 10.4 Å². The van der Waals surface area contributed by atoms with E-state index in [-0.39, 0.29) is 17.7 Å². The molecule has 0 bridgehead atoms. The number of aromatic nitrogens is 4. The summed E-state index contributed by atoms with van der Waals surface area (Å²) in [5, 5.41) is 19.8. The number of nitriles is 1. The molecule has 4 heterocycles. The maximum Gasteiger partial charge on any atom is 0.257 e. The molecule has 0 unspecified atom stereocenters. The van der Waals surface area contributed by atoms with Gasteiger partial charge < -0.3 is 15.5 Å². The number of aryl methyl sites for hydroxylation is 1. The van der Waals surface area contributed by atoms with Crippen molar-refractivity contribution < 1.29 is 9.59 Å². The van der Waals surface area contributed by atoms with Crippen molar-refractivity contribution in [2.45, 2.75) is 26.2 Å². The number of nitrogens with zero attached hydrogens (tertiary/aromatic N) is 6. The molecule has 1 saturated carbocycles. The van der Waals surface area contributed by atoms with Crippen LogP contribution in [0.4, 0.5) is 22.9 Å². The van der Waals surface area contributed by atoms with Gasteiger partial charge in [-0.05, 0) is 43.7 Å². The monoisotopic (exact) mass is 456 g/mol. The van der Waals surface area contributed by atoms with E-state index in [2.05, 4.69) is 31.8 Å². The van der Waals surface area contributed by atoms with Gasteiger partial charge in [0.05, 0.1) is 35.4 Å². The van der Waals surface area contributed by atoms with Crippen LogP contribution in [0.15, 0.2) is 43.1 Å². The lowest BCUT2D eigenvalue weighted by atomic mass is 9.83. The summed E-state index contributed by atoms with van der Waals surface area (Å²) < 4.78 is 1.60. The van der Waals surface area contributed by atoms with Crippen LogP contribution in [0.25, 0.3) is 0 Å². The number of hydrogen-bond donors (Lipinski definition) is 2. The Morgan fingerprint density at radius 3 is 2.82 bits per heavy atom. The first-order chi connectivity index (χ1) is 16.4. The van der Waals surface area contributed by atoms with E-state index in [4.69, 9.17) is 0 Å². The highest BCUT2D eigenvalue weighted by molar-refractivity contribution is 6.06. The maximum absolute atomic E-state index is 13.1. The van der Waals surface area contributed by atoms with Crippen molar-refractivity contribution in [1.82, 2.24) is 19.7 Å². The van der Waals surface area contributed by atoms with E-state index in [1.54, 1.807) is 53.5 Å². The molecule has 0 aromatic carbocycles. The van der Waals surface area contributed by atoms with Crippen molar-refractivity contribution in [1.29, 1.82) is 5.26 Å². The second kappa shape index (κ2) is 8.26. The van der Waals surface area contributed by atoms with Crippen LogP contribution in [0, 0.1) is 29.6 Å². The minimum Gasteiger partial charge on any atom is -0.339 e. The van der Waals surface area contributed by atoms with Crippen LogP contribution in [0.3, 0.4) is 0 Å². The van der Waals surface area contributed by atoms with E-state index < -0.39 is 5.41 Å². The Balaban J connectivity index is 1.35. The summed E-state index contributed by atoms with van der Waals surface area (Å²) in [5.74, 6) is 0.269. The van der Waals surface area contributed by atoms with Gasteiger partial charge in [0.2, 0.25) is 5.91 Å². The first-order valence-corrected chi connectivity index (χ1v) is 11.1. The molecule has 5 rings (SSSR count). The smallest absolute Gasteiger partial charge is 0.257 e. The van der Waals surface area contributed by atoms with Gasteiger partial charge in [-0.3, -0.25) is 19.3 Å². The summed E-state index contributed by atoms with van der Waals surface area (Å²) in [6.45, 7) is 2.34. The van der Waals surface area contributed by atoms with E-state index in [1.165, 1.54) is 6.20 Å². The molecule has 3 aromatic rings. The van der Waals surface area contributed by atoms with E-state index in [9.17, 15) is 14.9 Å². The lowest BCUT2D eigenvalue weighted by molar-refractivity contribution is -0.123. The van der Waals surface area contributed by atoms with E-state index in [0.29, 0.717) is 47.0 Å². The number of amides is 2. The number of carbonyl (C=O) groups excluding carboxylic acids is 2. The zero-order valence-corrected chi connectivity index (χ0v) is 18.9. The molecule has 2 amide bonds. The highest BCUT2D eigenvalue weighted by atomic mass is 16.2. The number of nitrogens with one attached hydrogen (secondary N) is 2. The van der Waals surface area contributed by atoms with Crippen LogP contribution in [-0.4, -0.2) is 38.1 Å². The summed E-state index contributed by atoms with van der Waals surface area (Å²) in [7, 11) is 1.77. The van der Waals surface area contributed by atoms with Gasteiger partial charge in [0.15, 0.2) is 0 Å². The number of carbonyl (C=O) groups is 2. The van der Waals surface area contributed by atoms with Gasteiger partial charge in [0, 0.05) is 43.9 Å². The second-order valence-electron chi connectivity index (χ2n) is 8.80. The molecule has 10 heteroatoms. The Morgan fingerprint density at radius 2 is 2.12 bits per heavy atom. The third-order valence-corrected chi connectivity index (χ3v) is 6.57. The molecule has 0 radical (unpaired) electrons. The molecule has 2 aliphatic rings. The zero-order chi connectivity index (χ0) is 23.9. The first-order valence-electron chi connectivity index (χ1n) is 11.1. The standard InChI is InChI=1S/C24H24N8O2/c1-15-19(22(33)29-17-10-28-31(2)13-17)11-26-12-20(15)30-21-9-18(5-7-27-21)32-8-6-24(14-25,23(32)34)16-3-4-16/h5,7,9-13,16H,3-4,6,8H2,1-2H3,(H,27,30)(H,29,33)/t24-/m1/s1. The van der Waals surface area contributed by atoms with Gasteiger partial charge >= 0.3 is 0 Å². The van der Waals surface area contributed by atoms with Crippen LogP contribution < -0.4 is 15.5 Å². The van der Waals surface area contributed by atoms with Gasteiger partial charge in [-0.15, -0.1) is 0 Å². The molecule has 1 aliphatic carbocycles. The van der Waals surface area contributed by atoms with E-state index in [0.717, 1.165) is 12.8 Å². The summed E-state index contributed by atoms with van der Waals surface area (Å²) >= 11 is 0. The second-order valence-corrected chi connectivity index (χ2v) is 8.80. The fourth-order valence-electron chi connectivity index (χ4n) is 4.49. The van der Waals surface area contributed by atoms with Crippen molar-refractivity contribution in [3.63, 3.8) is 0 Å². The van der Waals surface area contributed by atoms with Crippen LogP contribution >= 0.6 is 0 Å². The predicted molar refractivity (Wildman–Crippen MR) is 125 cm³/mol. The SMILES string of the molecule is Cc1c(Nc2cc(N3CC[C@@](C#N)(C4CC4)C3=O)ccn2)cncc1C(=O)Nc1cnn(C)c1. The molecular formula is C24H24N8O2. The Bertz CT molecular complexity index is 1320. The highest BCUT2D eigenvalue weighted by Crippen LogP contribution is 2.51. The fourth-order valence-corrected chi connectivity index (χ4v) is 4.49. The largest absolute Gasteiger partial charge is 0.339 e. The summed E-state index contributed by atoms with van der Waals surface area (Å²) in [6, 6.07) is 5.86. The highest BCUT2D eigenvalue weighted by Gasteiger charge is 2.56. The van der Waals surface area contributed by atoms with Crippen LogP contribution in [0.5, 0.6) is 0 Å². The quantitative estimate of drug-likeness (QED) is 0.583. The molecular weight excluding hydrogens is 432 g/mol. The third kappa shape index (κ3) is 3.75. The lowest BCUT2D eigenvalue weighted by Gasteiger charge is -2.21. The number of rotatable bonds is 6. The van der Waals surface area contributed by atoms with Crippen molar-refractivity contribution in [2.75, 3.05) is 22.1 Å². The first kappa shape index (κ1) is 21.6. The van der Waals surface area contributed by atoms with Crippen molar-refractivity contribution in [3.05, 3.63) is 54.2 Å². The minimum absolute atomic E-state index is 0.124. The Labute approximate surface area is 196 Å². The molecule has 10 nitrogen and oxygen atoms in total. The Kier molecular flexibility index (Phi) is 5.24. The lowest BCUT2D eigenvalue weighted by Crippen LogP contribution is -2.35. The molecule has 2 N–H and O–H groups in total.